The van der Waals surface area contributed by atoms with Crippen molar-refractivity contribution in [2.45, 2.75) is 39.5 Å². The SMILES string of the molecule is CC(=O)N1CCC(c2nc(C)c(C)s2)CC1. The highest BCUT2D eigenvalue weighted by atomic mass is 32.1. The van der Waals surface area contributed by atoms with Gasteiger partial charge < -0.3 is 4.90 Å². The molecule has 0 N–H and O–H groups in total. The zero-order valence-corrected chi connectivity index (χ0v) is 10.9. The third-order valence-electron chi connectivity index (χ3n) is 3.33. The van der Waals surface area contributed by atoms with E-state index in [4.69, 9.17) is 0 Å². The Labute approximate surface area is 100 Å². The second-order valence-corrected chi connectivity index (χ2v) is 5.71. The summed E-state index contributed by atoms with van der Waals surface area (Å²) >= 11 is 1.82. The van der Waals surface area contributed by atoms with Crippen LogP contribution >= 0.6 is 11.3 Å². The molecule has 0 bridgehead atoms. The minimum absolute atomic E-state index is 0.199. The van der Waals surface area contributed by atoms with E-state index in [1.54, 1.807) is 6.92 Å². The third kappa shape index (κ3) is 2.26. The fourth-order valence-corrected chi connectivity index (χ4v) is 3.21. The molecule has 4 heteroatoms. The molecule has 2 heterocycles. The summed E-state index contributed by atoms with van der Waals surface area (Å²) in [7, 11) is 0. The van der Waals surface area contributed by atoms with Gasteiger partial charge in [0.2, 0.25) is 5.91 Å². The average molecular weight is 238 g/mol. The van der Waals surface area contributed by atoms with Crippen LogP contribution in [0.5, 0.6) is 0 Å². The lowest BCUT2D eigenvalue weighted by Crippen LogP contribution is -2.36. The normalized spacial score (nSPS) is 17.8. The first-order chi connectivity index (χ1) is 7.58. The average Bonchev–Trinajstić information content (AvgIpc) is 2.59. The predicted octanol–water partition coefficient (Wildman–Crippen LogP) is 2.49. The first-order valence-electron chi connectivity index (χ1n) is 5.77. The van der Waals surface area contributed by atoms with Gasteiger partial charge in [0.05, 0.1) is 10.7 Å². The van der Waals surface area contributed by atoms with Crippen LogP contribution in [0.15, 0.2) is 0 Å². The van der Waals surface area contributed by atoms with E-state index < -0.39 is 0 Å². The lowest BCUT2D eigenvalue weighted by Gasteiger charge is -2.30. The lowest BCUT2D eigenvalue weighted by atomic mass is 9.97. The van der Waals surface area contributed by atoms with Gasteiger partial charge in [-0.2, -0.15) is 0 Å². The first kappa shape index (κ1) is 11.6. The van der Waals surface area contributed by atoms with Crippen molar-refractivity contribution < 1.29 is 4.79 Å². The van der Waals surface area contributed by atoms with E-state index in [2.05, 4.69) is 18.8 Å². The van der Waals surface area contributed by atoms with E-state index in [0.717, 1.165) is 31.6 Å². The smallest absolute Gasteiger partial charge is 0.219 e. The maximum absolute atomic E-state index is 11.2. The van der Waals surface area contributed by atoms with Crippen molar-refractivity contribution in [2.24, 2.45) is 0 Å². The fraction of sp³-hybridized carbons (Fsp3) is 0.667. The fourth-order valence-electron chi connectivity index (χ4n) is 2.11. The molecule has 0 saturated carbocycles. The van der Waals surface area contributed by atoms with Crippen molar-refractivity contribution in [3.63, 3.8) is 0 Å². The van der Waals surface area contributed by atoms with Crippen LogP contribution < -0.4 is 0 Å². The molecule has 0 aromatic carbocycles. The molecular weight excluding hydrogens is 220 g/mol. The third-order valence-corrected chi connectivity index (χ3v) is 4.57. The molecule has 1 aromatic rings. The van der Waals surface area contributed by atoms with Gasteiger partial charge >= 0.3 is 0 Å². The van der Waals surface area contributed by atoms with E-state index in [0.29, 0.717) is 5.92 Å². The maximum Gasteiger partial charge on any atom is 0.219 e. The van der Waals surface area contributed by atoms with E-state index in [-0.39, 0.29) is 5.91 Å². The lowest BCUT2D eigenvalue weighted by molar-refractivity contribution is -0.129. The molecule has 0 unspecified atom stereocenters. The van der Waals surface area contributed by atoms with Crippen LogP contribution in [0.3, 0.4) is 0 Å². The van der Waals surface area contributed by atoms with Crippen molar-refractivity contribution in [1.29, 1.82) is 0 Å². The molecule has 88 valence electrons. The number of carbonyl (C=O) groups excluding carboxylic acids is 1. The van der Waals surface area contributed by atoms with Crippen LogP contribution in [0.4, 0.5) is 0 Å². The standard InChI is InChI=1S/C12H18N2OS/c1-8-9(2)16-12(13-8)11-4-6-14(7-5-11)10(3)15/h11H,4-7H2,1-3H3. The highest BCUT2D eigenvalue weighted by Gasteiger charge is 2.24. The van der Waals surface area contributed by atoms with Crippen LogP contribution in [0.25, 0.3) is 0 Å². The van der Waals surface area contributed by atoms with Crippen molar-refractivity contribution >= 4 is 17.2 Å². The number of likely N-dealkylation sites (tertiary alicyclic amines) is 1. The number of hydrogen-bond donors (Lipinski definition) is 0. The second kappa shape index (κ2) is 4.53. The minimum Gasteiger partial charge on any atom is -0.343 e. The summed E-state index contributed by atoms with van der Waals surface area (Å²) in [5.74, 6) is 0.762. The molecule has 1 fully saturated rings. The topological polar surface area (TPSA) is 33.2 Å². The molecule has 3 nitrogen and oxygen atoms in total. The molecule has 2 rings (SSSR count). The number of hydrogen-bond acceptors (Lipinski definition) is 3. The summed E-state index contributed by atoms with van der Waals surface area (Å²) in [5, 5.41) is 1.26. The van der Waals surface area contributed by atoms with Gasteiger partial charge in [0.15, 0.2) is 0 Å². The number of aryl methyl sites for hydroxylation is 2. The minimum atomic E-state index is 0.199. The van der Waals surface area contributed by atoms with E-state index in [9.17, 15) is 4.79 Å². The molecule has 1 aliphatic heterocycles. The number of thiazole rings is 1. The van der Waals surface area contributed by atoms with Gasteiger partial charge in [0.1, 0.15) is 0 Å². The summed E-state index contributed by atoms with van der Waals surface area (Å²) in [4.78, 5) is 19.1. The molecule has 1 amide bonds. The Kier molecular flexibility index (Phi) is 3.28. The van der Waals surface area contributed by atoms with Gasteiger partial charge in [-0.25, -0.2) is 4.98 Å². The summed E-state index contributed by atoms with van der Waals surface area (Å²) in [6, 6.07) is 0. The van der Waals surface area contributed by atoms with Gasteiger partial charge in [-0.15, -0.1) is 11.3 Å². The zero-order valence-electron chi connectivity index (χ0n) is 10.1. The Morgan fingerprint density at radius 2 is 2.00 bits per heavy atom. The molecule has 1 saturated heterocycles. The highest BCUT2D eigenvalue weighted by Crippen LogP contribution is 2.32. The number of amides is 1. The summed E-state index contributed by atoms with van der Waals surface area (Å²) in [5.41, 5.74) is 1.16. The largest absolute Gasteiger partial charge is 0.343 e. The van der Waals surface area contributed by atoms with E-state index >= 15 is 0 Å². The second-order valence-electron chi connectivity index (χ2n) is 4.47. The van der Waals surface area contributed by atoms with Crippen molar-refractivity contribution in [3.8, 4) is 0 Å². The molecule has 0 atom stereocenters. The van der Waals surface area contributed by atoms with Crippen LogP contribution in [-0.2, 0) is 4.79 Å². The number of piperidine rings is 1. The van der Waals surface area contributed by atoms with Crippen molar-refractivity contribution in [3.05, 3.63) is 15.6 Å². The predicted molar refractivity (Wildman–Crippen MR) is 65.8 cm³/mol. The van der Waals surface area contributed by atoms with E-state index in [1.807, 2.05) is 16.2 Å². The molecular formula is C12H18N2OS. The summed E-state index contributed by atoms with van der Waals surface area (Å²) in [6.07, 6.45) is 2.12. The molecule has 0 aliphatic carbocycles. The van der Waals surface area contributed by atoms with Gasteiger partial charge in [0.25, 0.3) is 0 Å². The molecule has 0 radical (unpaired) electrons. The first-order valence-corrected chi connectivity index (χ1v) is 6.59. The number of nitrogens with zero attached hydrogens (tertiary/aromatic N) is 2. The molecule has 0 spiro atoms. The van der Waals surface area contributed by atoms with Crippen LogP contribution in [0.1, 0.15) is 41.3 Å². The molecule has 1 aliphatic rings. The molecule has 16 heavy (non-hydrogen) atoms. The van der Waals surface area contributed by atoms with Crippen molar-refractivity contribution in [1.82, 2.24) is 9.88 Å². The van der Waals surface area contributed by atoms with Crippen molar-refractivity contribution in [2.75, 3.05) is 13.1 Å². The number of carbonyl (C=O) groups is 1. The molecule has 1 aromatic heterocycles. The number of aromatic nitrogens is 1. The van der Waals surface area contributed by atoms with Crippen LogP contribution in [0.2, 0.25) is 0 Å². The van der Waals surface area contributed by atoms with Crippen LogP contribution in [0, 0.1) is 13.8 Å². The Balaban J connectivity index is 2.01. The Morgan fingerprint density at radius 3 is 2.44 bits per heavy atom. The monoisotopic (exact) mass is 238 g/mol. The van der Waals surface area contributed by atoms with Gasteiger partial charge in [-0.3, -0.25) is 4.79 Å². The maximum atomic E-state index is 11.2. The van der Waals surface area contributed by atoms with E-state index in [1.165, 1.54) is 9.88 Å². The van der Waals surface area contributed by atoms with Crippen LogP contribution in [-0.4, -0.2) is 28.9 Å². The number of rotatable bonds is 1. The van der Waals surface area contributed by atoms with Gasteiger partial charge in [-0.05, 0) is 26.7 Å². The summed E-state index contributed by atoms with van der Waals surface area (Å²) in [6.45, 7) is 7.62. The zero-order chi connectivity index (χ0) is 11.7. The Hall–Kier alpha value is -0.900. The summed E-state index contributed by atoms with van der Waals surface area (Å²) < 4.78 is 0. The van der Waals surface area contributed by atoms with Gasteiger partial charge in [-0.1, -0.05) is 0 Å². The quantitative estimate of drug-likeness (QED) is 0.753. The highest BCUT2D eigenvalue weighted by molar-refractivity contribution is 7.11. The van der Waals surface area contributed by atoms with Gasteiger partial charge in [0, 0.05) is 30.8 Å². The Bertz CT molecular complexity index is 372. The Morgan fingerprint density at radius 1 is 1.38 bits per heavy atom.